The number of carbonyl (C=O) groups is 4. The molecule has 0 bridgehead atoms. The van der Waals surface area contributed by atoms with Crippen LogP contribution in [-0.2, 0) is 65.4 Å². The second-order valence-electron chi connectivity index (χ2n) is 31.8. The summed E-state index contributed by atoms with van der Waals surface area (Å²) in [6.45, 7) is 9.75. The van der Waals surface area contributed by atoms with E-state index >= 15 is 0 Å². The zero-order chi connectivity index (χ0) is 77.8. The van der Waals surface area contributed by atoms with Crippen LogP contribution in [0.15, 0.2) is 0 Å². The number of unbranched alkanes of at least 4 members (excludes halogenated alkanes) is 54. The van der Waals surface area contributed by atoms with E-state index in [1.165, 1.54) is 270 Å². The molecule has 0 amide bonds. The van der Waals surface area contributed by atoms with E-state index in [1.54, 1.807) is 0 Å². The molecule has 0 saturated carbocycles. The van der Waals surface area contributed by atoms with E-state index < -0.39 is 97.5 Å². The number of phosphoric ester groups is 2. The lowest BCUT2D eigenvalue weighted by atomic mass is 9.99. The summed E-state index contributed by atoms with van der Waals surface area (Å²) in [5.41, 5.74) is 0. The van der Waals surface area contributed by atoms with Crippen molar-refractivity contribution >= 4 is 39.5 Å². The summed E-state index contributed by atoms with van der Waals surface area (Å²) in [6.07, 6.45) is 71.0. The maximum absolute atomic E-state index is 13.1. The summed E-state index contributed by atoms with van der Waals surface area (Å²) < 4.78 is 68.8. The van der Waals surface area contributed by atoms with Crippen molar-refractivity contribution in [2.24, 2.45) is 11.8 Å². The van der Waals surface area contributed by atoms with Gasteiger partial charge in [-0.2, -0.15) is 0 Å². The number of esters is 4. The van der Waals surface area contributed by atoms with Crippen molar-refractivity contribution in [2.75, 3.05) is 39.6 Å². The molecule has 4 unspecified atom stereocenters. The van der Waals surface area contributed by atoms with E-state index in [1.807, 2.05) is 0 Å². The fourth-order valence-corrected chi connectivity index (χ4v) is 15.1. The molecule has 0 aliphatic rings. The molecule has 0 rings (SSSR count). The fourth-order valence-electron chi connectivity index (χ4n) is 13.5. The molecule has 7 atom stereocenters. The molecular weight excluding hydrogens is 1380 g/mol. The number of hydrogen-bond donors (Lipinski definition) is 3. The lowest BCUT2D eigenvalue weighted by Gasteiger charge is -2.21. The highest BCUT2D eigenvalue weighted by Crippen LogP contribution is 2.45. The number of phosphoric acid groups is 2. The molecule has 3 N–H and O–H groups in total. The normalized spacial score (nSPS) is 14.3. The molecule has 0 aromatic heterocycles. The first kappa shape index (κ1) is 104. The van der Waals surface area contributed by atoms with Gasteiger partial charge in [-0.1, -0.05) is 414 Å². The minimum Gasteiger partial charge on any atom is -0.462 e. The van der Waals surface area contributed by atoms with E-state index in [0.717, 1.165) is 115 Å². The minimum absolute atomic E-state index is 0.108. The lowest BCUT2D eigenvalue weighted by Crippen LogP contribution is -2.30. The van der Waals surface area contributed by atoms with Gasteiger partial charge in [-0.25, -0.2) is 9.13 Å². The van der Waals surface area contributed by atoms with E-state index in [4.69, 9.17) is 37.0 Å². The molecule has 0 aliphatic carbocycles. The van der Waals surface area contributed by atoms with Crippen LogP contribution in [-0.4, -0.2) is 96.7 Å². The van der Waals surface area contributed by atoms with Gasteiger partial charge in [0.05, 0.1) is 26.4 Å². The number of rotatable bonds is 86. The van der Waals surface area contributed by atoms with E-state index in [2.05, 4.69) is 41.5 Å². The quantitative estimate of drug-likeness (QED) is 0.0222. The molecule has 0 saturated heterocycles. The molecule has 0 aromatic carbocycles. The average Bonchev–Trinajstić information content (AvgIpc) is 0.904. The summed E-state index contributed by atoms with van der Waals surface area (Å²) in [5.74, 6) is -0.389. The van der Waals surface area contributed by atoms with E-state index in [-0.39, 0.29) is 25.7 Å². The third kappa shape index (κ3) is 77.4. The highest BCUT2D eigenvalue weighted by atomic mass is 31.2. The smallest absolute Gasteiger partial charge is 0.462 e. The Hall–Kier alpha value is -1.94. The molecule has 17 nitrogen and oxygen atoms in total. The summed E-state index contributed by atoms with van der Waals surface area (Å²) in [6, 6.07) is 0. The third-order valence-electron chi connectivity index (χ3n) is 21.2. The molecule has 0 fully saturated rings. The SMILES string of the molecule is CCCCCCCCCCCCCCCCCCCCCC(=O)OC[C@H](COP(=O)(O)OC[C@@H](O)COP(=O)(O)OC[C@@H](COC(=O)CCCCCCCCC)OC(=O)CCCCCCCCCCCCCCCCC(C)CC)OC(=O)CCCCCCCCCCCCCCCCCCCCC(C)CC. The number of aliphatic hydroxyl groups is 1. The molecule has 0 spiro atoms. The van der Waals surface area contributed by atoms with Gasteiger partial charge in [0.25, 0.3) is 0 Å². The number of aliphatic hydroxyl groups excluding tert-OH is 1. The Kier molecular flexibility index (Phi) is 76.9. The fraction of sp³-hybridized carbons (Fsp3) is 0.954. The van der Waals surface area contributed by atoms with Crippen LogP contribution in [0.5, 0.6) is 0 Å². The second-order valence-corrected chi connectivity index (χ2v) is 34.7. The average molecular weight is 1550 g/mol. The van der Waals surface area contributed by atoms with Crippen molar-refractivity contribution < 1.29 is 80.2 Å². The van der Waals surface area contributed by atoms with Crippen molar-refractivity contribution in [1.29, 1.82) is 0 Å². The van der Waals surface area contributed by atoms with Crippen molar-refractivity contribution in [3.8, 4) is 0 Å². The highest BCUT2D eigenvalue weighted by molar-refractivity contribution is 7.47. The van der Waals surface area contributed by atoms with Crippen molar-refractivity contribution in [3.05, 3.63) is 0 Å². The van der Waals surface area contributed by atoms with Gasteiger partial charge in [-0.05, 0) is 37.5 Å². The lowest BCUT2D eigenvalue weighted by molar-refractivity contribution is -0.161. The zero-order valence-corrected chi connectivity index (χ0v) is 71.5. The Morgan fingerprint density at radius 3 is 0.670 bits per heavy atom. The van der Waals surface area contributed by atoms with Crippen LogP contribution in [0.3, 0.4) is 0 Å². The second kappa shape index (κ2) is 78.3. The molecular formula is C87H170O17P2. The zero-order valence-electron chi connectivity index (χ0n) is 69.7. The van der Waals surface area contributed by atoms with Gasteiger partial charge < -0.3 is 33.8 Å². The summed E-state index contributed by atoms with van der Waals surface area (Å²) in [4.78, 5) is 73.1. The van der Waals surface area contributed by atoms with Gasteiger partial charge in [0.1, 0.15) is 19.3 Å². The Bertz CT molecular complexity index is 2030. The van der Waals surface area contributed by atoms with Crippen molar-refractivity contribution in [2.45, 2.75) is 484 Å². The van der Waals surface area contributed by atoms with Crippen LogP contribution in [0.25, 0.3) is 0 Å². The number of ether oxygens (including phenoxy) is 4. The van der Waals surface area contributed by atoms with Crippen LogP contribution in [0.4, 0.5) is 0 Å². The predicted molar refractivity (Wildman–Crippen MR) is 437 cm³/mol. The van der Waals surface area contributed by atoms with Gasteiger partial charge in [0.2, 0.25) is 0 Å². The molecule has 0 heterocycles. The molecule has 0 aliphatic heterocycles. The Morgan fingerprint density at radius 1 is 0.264 bits per heavy atom. The Morgan fingerprint density at radius 2 is 0.453 bits per heavy atom. The first-order chi connectivity index (χ1) is 51.4. The third-order valence-corrected chi connectivity index (χ3v) is 23.1. The number of hydrogen-bond acceptors (Lipinski definition) is 15. The van der Waals surface area contributed by atoms with Crippen molar-refractivity contribution in [1.82, 2.24) is 0 Å². The topological polar surface area (TPSA) is 237 Å². The molecule has 630 valence electrons. The summed E-state index contributed by atoms with van der Waals surface area (Å²) in [5, 5.41) is 10.7. The Labute approximate surface area is 651 Å². The molecule has 106 heavy (non-hydrogen) atoms. The first-order valence-corrected chi connectivity index (χ1v) is 48.1. The Balaban J connectivity index is 5.16. The van der Waals surface area contributed by atoms with E-state index in [9.17, 15) is 43.2 Å². The highest BCUT2D eigenvalue weighted by Gasteiger charge is 2.30. The molecule has 0 radical (unpaired) electrons. The molecule has 19 heteroatoms. The van der Waals surface area contributed by atoms with Crippen LogP contribution in [0, 0.1) is 11.8 Å². The van der Waals surface area contributed by atoms with Crippen LogP contribution >= 0.6 is 15.6 Å². The largest absolute Gasteiger partial charge is 0.472 e. The van der Waals surface area contributed by atoms with Crippen LogP contribution < -0.4 is 0 Å². The van der Waals surface area contributed by atoms with Crippen LogP contribution in [0.2, 0.25) is 0 Å². The first-order valence-electron chi connectivity index (χ1n) is 45.1. The maximum Gasteiger partial charge on any atom is 0.472 e. The summed E-state index contributed by atoms with van der Waals surface area (Å²) >= 11 is 0. The minimum atomic E-state index is -4.97. The number of carbonyl (C=O) groups excluding carboxylic acids is 4. The van der Waals surface area contributed by atoms with Gasteiger partial charge in [0, 0.05) is 25.7 Å². The van der Waals surface area contributed by atoms with Crippen molar-refractivity contribution in [3.63, 3.8) is 0 Å². The standard InChI is InChI=1S/C87H170O17P2/c1-7-11-13-15-17-18-19-20-21-22-23-27-30-36-41-46-52-58-64-70-85(90)98-76-83(104-87(92)72-65-59-53-47-42-37-31-28-25-24-26-29-34-39-44-50-55-61-67-79(5)9-3)78-102-106(95,96)100-74-81(88)73-99-105(93,94)101-77-82(75-97-84(89)69-63-57-49-16-14-12-8-2)103-86(91)71-66-60-54-48-43-38-33-32-35-40-45-51-56-62-68-80(6)10-4/h79-83,88H,7-78H2,1-6H3,(H,93,94)(H,95,96)/t79?,80?,81-,82+,83+/m0/s1. The van der Waals surface area contributed by atoms with Gasteiger partial charge >= 0.3 is 39.5 Å². The van der Waals surface area contributed by atoms with Gasteiger partial charge in [-0.3, -0.25) is 37.3 Å². The summed E-state index contributed by atoms with van der Waals surface area (Å²) in [7, 11) is -9.92. The maximum atomic E-state index is 13.1. The van der Waals surface area contributed by atoms with E-state index in [0.29, 0.717) is 25.7 Å². The van der Waals surface area contributed by atoms with Crippen LogP contribution in [0.1, 0.15) is 465 Å². The van der Waals surface area contributed by atoms with Gasteiger partial charge in [0.15, 0.2) is 12.2 Å². The monoisotopic (exact) mass is 1550 g/mol. The molecule has 0 aromatic rings. The van der Waals surface area contributed by atoms with Gasteiger partial charge in [-0.15, -0.1) is 0 Å². The predicted octanol–water partition coefficient (Wildman–Crippen LogP) is 26.6.